The number of aromatic amines is 2. The van der Waals surface area contributed by atoms with Gasteiger partial charge in [0.05, 0.1) is 42.5 Å². The summed E-state index contributed by atoms with van der Waals surface area (Å²) in [6.45, 7) is 17.3. The lowest BCUT2D eigenvalue weighted by Crippen LogP contribution is -2.54. The Hall–Kier alpha value is -3.75. The Morgan fingerprint density at radius 1 is 0.812 bits per heavy atom. The van der Waals surface area contributed by atoms with Crippen molar-refractivity contribution in [1.29, 1.82) is 0 Å². The molecular formula is C40H55N5O3. The highest BCUT2D eigenvalue weighted by Crippen LogP contribution is 2.35. The van der Waals surface area contributed by atoms with E-state index in [4.69, 9.17) is 14.5 Å². The molecule has 0 bridgehead atoms. The van der Waals surface area contributed by atoms with Gasteiger partial charge in [0.15, 0.2) is 5.60 Å². The van der Waals surface area contributed by atoms with Crippen LogP contribution in [0.2, 0.25) is 0 Å². The summed E-state index contributed by atoms with van der Waals surface area (Å²) in [6.07, 6.45) is 8.89. The summed E-state index contributed by atoms with van der Waals surface area (Å²) < 4.78 is 12.0. The molecule has 2 unspecified atom stereocenters. The van der Waals surface area contributed by atoms with Gasteiger partial charge in [-0.15, -0.1) is 0 Å². The Morgan fingerprint density at radius 3 is 1.85 bits per heavy atom. The number of rotatable bonds is 11. The monoisotopic (exact) mass is 653 g/mol. The van der Waals surface area contributed by atoms with Crippen molar-refractivity contribution in [2.75, 3.05) is 13.7 Å². The second-order valence-electron chi connectivity index (χ2n) is 16.3. The number of carbonyl (C=O) groups excluding carboxylic acids is 1. The lowest BCUT2D eigenvalue weighted by atomic mass is 9.85. The minimum Gasteiger partial charge on any atom is -0.381 e. The van der Waals surface area contributed by atoms with Crippen LogP contribution in [0.15, 0.2) is 60.9 Å². The van der Waals surface area contributed by atoms with E-state index in [1.807, 2.05) is 19.3 Å². The van der Waals surface area contributed by atoms with Crippen LogP contribution in [0, 0.1) is 16.7 Å². The molecule has 8 nitrogen and oxygen atoms in total. The fourth-order valence-corrected chi connectivity index (χ4v) is 6.54. The Labute approximate surface area is 286 Å². The maximum absolute atomic E-state index is 13.9. The number of amides is 1. The number of nitrogens with zero attached hydrogens (tertiary/aromatic N) is 2. The number of methoxy groups -OCH3 is 1. The Morgan fingerprint density at radius 2 is 1.33 bits per heavy atom. The van der Waals surface area contributed by atoms with E-state index in [-0.39, 0.29) is 35.5 Å². The Balaban J connectivity index is 1.28. The smallest absolute Gasteiger partial charge is 0.255 e. The van der Waals surface area contributed by atoms with Crippen LogP contribution in [0.5, 0.6) is 0 Å². The predicted octanol–water partition coefficient (Wildman–Crippen LogP) is 8.93. The minimum atomic E-state index is -1.10. The van der Waals surface area contributed by atoms with Crippen molar-refractivity contribution in [3.63, 3.8) is 0 Å². The summed E-state index contributed by atoms with van der Waals surface area (Å²) in [5.74, 6) is 2.24. The van der Waals surface area contributed by atoms with Crippen molar-refractivity contribution in [2.24, 2.45) is 16.7 Å². The molecule has 5 rings (SSSR count). The van der Waals surface area contributed by atoms with E-state index >= 15 is 0 Å². The minimum absolute atomic E-state index is 0.0548. The van der Waals surface area contributed by atoms with E-state index in [9.17, 15) is 4.79 Å². The van der Waals surface area contributed by atoms with Crippen molar-refractivity contribution in [2.45, 2.75) is 105 Å². The first-order valence-corrected chi connectivity index (χ1v) is 17.4. The van der Waals surface area contributed by atoms with Crippen molar-refractivity contribution >= 4 is 5.91 Å². The average Bonchev–Trinajstić information content (AvgIpc) is 3.70. The van der Waals surface area contributed by atoms with Crippen LogP contribution in [0.3, 0.4) is 0 Å². The number of ether oxygens (including phenoxy) is 2. The third kappa shape index (κ3) is 8.83. The molecule has 2 aromatic heterocycles. The van der Waals surface area contributed by atoms with Crippen LogP contribution in [0.4, 0.5) is 0 Å². The molecular weight excluding hydrogens is 598 g/mol. The van der Waals surface area contributed by atoms with Gasteiger partial charge in [-0.25, -0.2) is 9.97 Å². The number of imidazole rings is 2. The number of benzene rings is 2. The molecule has 0 spiro atoms. The van der Waals surface area contributed by atoms with Gasteiger partial charge in [-0.05, 0) is 71.6 Å². The molecule has 1 fully saturated rings. The summed E-state index contributed by atoms with van der Waals surface area (Å²) >= 11 is 0. The Bertz CT molecular complexity index is 1630. The van der Waals surface area contributed by atoms with Gasteiger partial charge in [0.25, 0.3) is 5.91 Å². The quantitative estimate of drug-likeness (QED) is 0.150. The number of carbonyl (C=O) groups is 1. The highest BCUT2D eigenvalue weighted by molar-refractivity contribution is 5.85. The van der Waals surface area contributed by atoms with E-state index < -0.39 is 5.60 Å². The zero-order valence-electron chi connectivity index (χ0n) is 30.4. The molecule has 3 N–H and O–H groups in total. The first-order chi connectivity index (χ1) is 22.6. The topological polar surface area (TPSA) is 105 Å². The molecule has 4 aromatic rings. The summed E-state index contributed by atoms with van der Waals surface area (Å²) in [4.78, 5) is 30.2. The highest BCUT2D eigenvalue weighted by Gasteiger charge is 2.41. The van der Waals surface area contributed by atoms with Gasteiger partial charge >= 0.3 is 0 Å². The second-order valence-corrected chi connectivity index (χ2v) is 16.3. The average molecular weight is 654 g/mol. The zero-order chi connectivity index (χ0) is 34.7. The molecule has 2 heterocycles. The van der Waals surface area contributed by atoms with E-state index in [0.29, 0.717) is 11.7 Å². The van der Waals surface area contributed by atoms with Crippen LogP contribution in [0.1, 0.15) is 98.8 Å². The van der Waals surface area contributed by atoms with Crippen molar-refractivity contribution in [3.8, 4) is 33.6 Å². The molecule has 1 aliphatic rings. The molecule has 1 aliphatic carbocycles. The summed E-state index contributed by atoms with van der Waals surface area (Å²) in [7, 11) is 1.61. The normalized spacial score (nSPS) is 19.1. The molecule has 0 saturated heterocycles. The third-order valence-electron chi connectivity index (χ3n) is 9.35. The number of nitrogens with one attached hydrogen (secondary N) is 3. The highest BCUT2D eigenvalue weighted by atomic mass is 16.5. The van der Waals surface area contributed by atoms with Crippen molar-refractivity contribution < 1.29 is 14.3 Å². The fraction of sp³-hybridized carbons (Fsp3) is 0.525. The zero-order valence-corrected chi connectivity index (χ0v) is 30.4. The van der Waals surface area contributed by atoms with Gasteiger partial charge in [0.1, 0.15) is 11.6 Å². The fourth-order valence-electron chi connectivity index (χ4n) is 6.54. The second kappa shape index (κ2) is 14.4. The van der Waals surface area contributed by atoms with Gasteiger partial charge in [0, 0.05) is 13.5 Å². The van der Waals surface area contributed by atoms with Gasteiger partial charge in [-0.1, -0.05) is 97.0 Å². The number of hydrogen-bond donors (Lipinski definition) is 3. The van der Waals surface area contributed by atoms with Crippen molar-refractivity contribution in [3.05, 3.63) is 72.6 Å². The predicted molar refractivity (Wildman–Crippen MR) is 193 cm³/mol. The molecule has 2 atom stereocenters. The molecule has 0 radical (unpaired) electrons. The summed E-state index contributed by atoms with van der Waals surface area (Å²) in [5, 5.41) is 3.28. The van der Waals surface area contributed by atoms with Crippen LogP contribution in [-0.2, 0) is 20.7 Å². The molecule has 1 saturated carbocycles. The maximum Gasteiger partial charge on any atom is 0.255 e. The number of aromatic nitrogens is 4. The maximum atomic E-state index is 13.9. The van der Waals surface area contributed by atoms with Crippen LogP contribution < -0.4 is 5.32 Å². The molecule has 2 aromatic carbocycles. The van der Waals surface area contributed by atoms with Gasteiger partial charge < -0.3 is 24.8 Å². The SMILES string of the molecule is COCC(C)(OC1CCC(C)CC1)C(=O)NC(c1ncc(-c2ccc(-c3ccc(-c4cnc(CC(C)(C)C)[nH]4)cc3)cc2)[nH]1)C(C)(C)C. The van der Waals surface area contributed by atoms with E-state index in [2.05, 4.69) is 117 Å². The van der Waals surface area contributed by atoms with E-state index in [1.165, 1.54) is 0 Å². The molecule has 48 heavy (non-hydrogen) atoms. The first-order valence-electron chi connectivity index (χ1n) is 17.4. The lowest BCUT2D eigenvalue weighted by molar-refractivity contribution is -0.167. The van der Waals surface area contributed by atoms with E-state index in [1.54, 1.807) is 7.11 Å². The van der Waals surface area contributed by atoms with Crippen LogP contribution in [-0.4, -0.2) is 51.3 Å². The third-order valence-corrected chi connectivity index (χ3v) is 9.35. The molecule has 8 heteroatoms. The van der Waals surface area contributed by atoms with Gasteiger partial charge in [-0.3, -0.25) is 4.79 Å². The summed E-state index contributed by atoms with van der Waals surface area (Å²) in [6, 6.07) is 16.7. The van der Waals surface area contributed by atoms with Crippen molar-refractivity contribution in [1.82, 2.24) is 25.3 Å². The van der Waals surface area contributed by atoms with Gasteiger partial charge in [0.2, 0.25) is 0 Å². The molecule has 258 valence electrons. The van der Waals surface area contributed by atoms with Gasteiger partial charge in [-0.2, -0.15) is 0 Å². The lowest BCUT2D eigenvalue weighted by Gasteiger charge is -2.38. The Kier molecular flexibility index (Phi) is 10.7. The molecule has 0 aliphatic heterocycles. The van der Waals surface area contributed by atoms with Crippen LogP contribution >= 0.6 is 0 Å². The molecule has 1 amide bonds. The number of H-pyrrole nitrogens is 2. The van der Waals surface area contributed by atoms with E-state index in [0.717, 1.165) is 71.6 Å². The first kappa shape index (κ1) is 35.6. The summed E-state index contributed by atoms with van der Waals surface area (Å²) in [5.41, 5.74) is 5.12. The number of hydrogen-bond acceptors (Lipinski definition) is 5. The largest absolute Gasteiger partial charge is 0.381 e. The standard InChI is InChI=1S/C40H55N5O3/c1-26-10-20-31(21-11-26)48-40(8,25-47-9)37(46)45-35(39(5,6)7)36-42-24-33(44-36)30-18-14-28(15-19-30)27-12-16-29(17-13-27)32-23-41-34(43-32)22-38(2,3)4/h12-19,23-24,26,31,35H,10-11,20-22,25H2,1-9H3,(H,41,43)(H,42,44)(H,45,46). The van der Waals surface area contributed by atoms with Crippen LogP contribution in [0.25, 0.3) is 33.6 Å².